The molecule has 0 spiro atoms. The zero-order chi connectivity index (χ0) is 27.7. The SMILES string of the molecule is CC(C)COc1cc(F)cc(-c2ccc(C(=O)NS(=O)(=O)c3cccc(N)n3)c(N3CCCC3(C)C)n2)c1.[HH].[HH]. The normalized spacial score (nSPS) is 15.1. The Hall–Kier alpha value is -3.73. The van der Waals surface area contributed by atoms with Crippen LogP contribution in [-0.2, 0) is 10.0 Å². The average molecular weight is 546 g/mol. The molecule has 0 bridgehead atoms. The van der Waals surface area contributed by atoms with Crippen molar-refractivity contribution in [2.45, 2.75) is 51.1 Å². The van der Waals surface area contributed by atoms with Crippen LogP contribution in [-0.4, -0.2) is 43.0 Å². The van der Waals surface area contributed by atoms with Gasteiger partial charge in [0.15, 0.2) is 5.03 Å². The van der Waals surface area contributed by atoms with Gasteiger partial charge in [0.05, 0.1) is 17.9 Å². The molecule has 1 saturated heterocycles. The summed E-state index contributed by atoms with van der Waals surface area (Å²) in [6, 6.07) is 11.6. The third-order valence-electron chi connectivity index (χ3n) is 6.27. The molecule has 0 unspecified atom stereocenters. The summed E-state index contributed by atoms with van der Waals surface area (Å²) in [5, 5.41) is -0.368. The number of aromatic nitrogens is 2. The number of ether oxygens (including phenoxy) is 1. The van der Waals surface area contributed by atoms with Gasteiger partial charge in [-0.25, -0.2) is 19.1 Å². The first-order valence-corrected chi connectivity index (χ1v) is 13.9. The van der Waals surface area contributed by atoms with Gasteiger partial charge >= 0.3 is 0 Å². The highest BCUT2D eigenvalue weighted by Gasteiger charge is 2.36. The molecular formula is C27H36FN5O4S. The fourth-order valence-electron chi connectivity index (χ4n) is 4.36. The maximum absolute atomic E-state index is 14.5. The molecule has 3 N–H and O–H groups in total. The number of hydrogen-bond acceptors (Lipinski definition) is 8. The molecule has 4 rings (SSSR count). The maximum Gasteiger partial charge on any atom is 0.281 e. The van der Waals surface area contributed by atoms with Gasteiger partial charge in [0.25, 0.3) is 15.9 Å². The number of hydrogen-bond donors (Lipinski definition) is 2. The minimum absolute atomic E-state index is 0. The number of rotatable bonds is 8. The van der Waals surface area contributed by atoms with Crippen LogP contribution in [0, 0.1) is 11.7 Å². The lowest BCUT2D eigenvalue weighted by atomic mass is 10.0. The number of nitrogens with one attached hydrogen (secondary N) is 1. The average Bonchev–Trinajstić information content (AvgIpc) is 3.20. The number of pyridine rings is 2. The molecule has 11 heteroatoms. The van der Waals surface area contributed by atoms with Gasteiger partial charge in [-0.3, -0.25) is 4.79 Å². The van der Waals surface area contributed by atoms with E-state index in [1.165, 1.54) is 36.4 Å². The van der Waals surface area contributed by atoms with Crippen molar-refractivity contribution < 1.29 is 25.2 Å². The van der Waals surface area contributed by atoms with Crippen molar-refractivity contribution in [3.05, 3.63) is 59.9 Å². The van der Waals surface area contributed by atoms with Gasteiger partial charge in [-0.05, 0) is 69.0 Å². The van der Waals surface area contributed by atoms with Crippen LogP contribution in [0.3, 0.4) is 0 Å². The summed E-state index contributed by atoms with van der Waals surface area (Å²) in [5.41, 5.74) is 6.26. The second-order valence-electron chi connectivity index (χ2n) is 10.4. The Bertz CT molecular complexity index is 1470. The zero-order valence-corrected chi connectivity index (χ0v) is 22.7. The quantitative estimate of drug-likeness (QED) is 0.410. The standard InChI is InChI=1S/C27H32FN5O4S.2H2/c1-17(2)16-37-20-14-18(13-19(28)15-20)22-10-9-21(25(30-22)33-12-6-11-27(33,3)4)26(34)32-38(35,36)24-8-5-7-23(29)31-24;;/h5,7-10,13-15,17H,6,11-12,16H2,1-4H3,(H2,29,31)(H,32,34);2*1H. The molecule has 0 atom stereocenters. The van der Waals surface area contributed by atoms with Crippen LogP contribution >= 0.6 is 0 Å². The van der Waals surface area contributed by atoms with Crippen LogP contribution in [0.2, 0.25) is 0 Å². The number of halogens is 1. The Morgan fingerprint density at radius 1 is 1.21 bits per heavy atom. The first-order chi connectivity index (χ1) is 17.9. The van der Waals surface area contributed by atoms with E-state index < -0.39 is 21.7 Å². The topological polar surface area (TPSA) is 128 Å². The lowest BCUT2D eigenvalue weighted by molar-refractivity contribution is 0.0981. The van der Waals surface area contributed by atoms with E-state index >= 15 is 0 Å². The lowest BCUT2D eigenvalue weighted by Crippen LogP contribution is -2.41. The number of anilines is 2. The van der Waals surface area contributed by atoms with Gasteiger partial charge in [0.1, 0.15) is 23.2 Å². The summed E-state index contributed by atoms with van der Waals surface area (Å²) in [6.45, 7) is 9.11. The summed E-state index contributed by atoms with van der Waals surface area (Å²) in [5.74, 6) is -0.369. The van der Waals surface area contributed by atoms with Crippen LogP contribution in [0.4, 0.5) is 16.0 Å². The second-order valence-corrected chi connectivity index (χ2v) is 12.0. The van der Waals surface area contributed by atoms with Gasteiger partial charge < -0.3 is 15.4 Å². The van der Waals surface area contributed by atoms with Gasteiger partial charge in [0.2, 0.25) is 0 Å². The minimum atomic E-state index is -4.29. The molecular weight excluding hydrogens is 509 g/mol. The molecule has 0 aliphatic carbocycles. The van der Waals surface area contributed by atoms with Gasteiger partial charge in [0, 0.05) is 26.6 Å². The number of amides is 1. The van der Waals surface area contributed by atoms with Crippen molar-refractivity contribution >= 4 is 27.6 Å². The predicted molar refractivity (Wildman–Crippen MR) is 148 cm³/mol. The molecule has 38 heavy (non-hydrogen) atoms. The molecule has 0 radical (unpaired) electrons. The third-order valence-corrected chi connectivity index (χ3v) is 7.51. The van der Waals surface area contributed by atoms with Gasteiger partial charge in [-0.15, -0.1) is 0 Å². The predicted octanol–water partition coefficient (Wildman–Crippen LogP) is 4.89. The lowest BCUT2D eigenvalue weighted by Gasteiger charge is -2.34. The number of nitrogen functional groups attached to an aromatic ring is 1. The molecule has 3 aromatic rings. The molecule has 2 aromatic heterocycles. The highest BCUT2D eigenvalue weighted by Crippen LogP contribution is 2.36. The smallest absolute Gasteiger partial charge is 0.281 e. The third kappa shape index (κ3) is 6.04. The maximum atomic E-state index is 14.5. The number of carbonyl (C=O) groups is 1. The van der Waals surface area contributed by atoms with Crippen LogP contribution in [0.15, 0.2) is 53.6 Å². The summed E-state index contributed by atoms with van der Waals surface area (Å²) in [6.07, 6.45) is 1.73. The second kappa shape index (κ2) is 10.6. The number of benzene rings is 1. The minimum Gasteiger partial charge on any atom is -0.493 e. The first kappa shape index (κ1) is 27.3. The molecule has 1 amide bonds. The number of nitrogens with two attached hydrogens (primary N) is 1. The first-order valence-electron chi connectivity index (χ1n) is 12.4. The van der Waals surface area contributed by atoms with Crippen molar-refractivity contribution in [1.29, 1.82) is 0 Å². The largest absolute Gasteiger partial charge is 0.493 e. The van der Waals surface area contributed by atoms with E-state index in [2.05, 4.69) is 9.71 Å². The van der Waals surface area contributed by atoms with Crippen molar-refractivity contribution in [2.75, 3.05) is 23.8 Å². The van der Waals surface area contributed by atoms with E-state index in [0.29, 0.717) is 36.0 Å². The Labute approximate surface area is 225 Å². The highest BCUT2D eigenvalue weighted by molar-refractivity contribution is 7.90. The number of sulfonamides is 1. The van der Waals surface area contributed by atoms with Gasteiger partial charge in [-0.2, -0.15) is 8.42 Å². The van der Waals surface area contributed by atoms with Crippen LogP contribution in [0.5, 0.6) is 5.75 Å². The van der Waals surface area contributed by atoms with Crippen LogP contribution < -0.4 is 20.1 Å². The van der Waals surface area contributed by atoms with Gasteiger partial charge in [-0.1, -0.05) is 19.9 Å². The Kier molecular flexibility index (Phi) is 7.59. The van der Waals surface area contributed by atoms with Crippen molar-refractivity contribution in [1.82, 2.24) is 14.7 Å². The molecule has 9 nitrogen and oxygen atoms in total. The molecule has 206 valence electrons. The Morgan fingerprint density at radius 3 is 2.63 bits per heavy atom. The highest BCUT2D eigenvalue weighted by atomic mass is 32.2. The zero-order valence-electron chi connectivity index (χ0n) is 21.9. The fourth-order valence-corrected chi connectivity index (χ4v) is 5.30. The molecule has 1 aromatic carbocycles. The molecule has 1 aliphatic rings. The van der Waals surface area contributed by atoms with E-state index in [0.717, 1.165) is 12.8 Å². The van der Waals surface area contributed by atoms with Crippen molar-refractivity contribution in [2.24, 2.45) is 5.92 Å². The van der Waals surface area contributed by atoms with E-state index in [1.807, 2.05) is 32.6 Å². The fraction of sp³-hybridized carbons (Fsp3) is 0.370. The van der Waals surface area contributed by atoms with E-state index in [-0.39, 0.29) is 30.7 Å². The van der Waals surface area contributed by atoms with Crippen LogP contribution in [0.1, 0.15) is 53.7 Å². The summed E-state index contributed by atoms with van der Waals surface area (Å²) in [4.78, 5) is 23.9. The molecule has 1 fully saturated rings. The number of nitrogens with zero attached hydrogens (tertiary/aromatic N) is 3. The number of carbonyl (C=O) groups excluding carboxylic acids is 1. The summed E-state index contributed by atoms with van der Waals surface area (Å²) in [7, 11) is -4.29. The van der Waals surface area contributed by atoms with E-state index in [1.54, 1.807) is 12.1 Å². The summed E-state index contributed by atoms with van der Waals surface area (Å²) >= 11 is 0. The van der Waals surface area contributed by atoms with Crippen LogP contribution in [0.25, 0.3) is 11.3 Å². The van der Waals surface area contributed by atoms with E-state index in [4.69, 9.17) is 15.5 Å². The monoisotopic (exact) mass is 545 g/mol. The van der Waals surface area contributed by atoms with Crippen molar-refractivity contribution in [3.8, 4) is 17.0 Å². The Balaban J connectivity index is 0.00000280. The van der Waals surface area contributed by atoms with E-state index in [9.17, 15) is 17.6 Å². The molecule has 0 saturated carbocycles. The molecule has 1 aliphatic heterocycles. The summed E-state index contributed by atoms with van der Waals surface area (Å²) < 4.78 is 48.0. The van der Waals surface area contributed by atoms with Crippen molar-refractivity contribution in [3.63, 3.8) is 0 Å². The molecule has 3 heterocycles. The Morgan fingerprint density at radius 2 is 1.97 bits per heavy atom.